The molecule has 2 aliphatic rings. The lowest BCUT2D eigenvalue weighted by molar-refractivity contribution is -0.122. The molecular formula is C27H29N3O6. The van der Waals surface area contributed by atoms with E-state index >= 15 is 0 Å². The van der Waals surface area contributed by atoms with Crippen LogP contribution in [0.1, 0.15) is 31.9 Å². The fraction of sp³-hybridized carbons (Fsp3) is 0.296. The Hall–Kier alpha value is -4.27. The molecule has 0 aliphatic carbocycles. The van der Waals surface area contributed by atoms with Gasteiger partial charge in [-0.3, -0.25) is 14.9 Å². The van der Waals surface area contributed by atoms with E-state index in [1.165, 1.54) is 33.5 Å². The number of fused-ring (bicyclic) bond motifs is 1. The van der Waals surface area contributed by atoms with Crippen molar-refractivity contribution in [2.45, 2.75) is 26.3 Å². The summed E-state index contributed by atoms with van der Waals surface area (Å²) in [6.45, 7) is 6.25. The van der Waals surface area contributed by atoms with E-state index in [0.29, 0.717) is 17.1 Å². The smallest absolute Gasteiger partial charge is 0.336 e. The molecule has 1 N–H and O–H groups in total. The number of allylic oxidation sites excluding steroid dienone is 1. The summed E-state index contributed by atoms with van der Waals surface area (Å²) < 4.78 is 16.2. The van der Waals surface area contributed by atoms with Crippen LogP contribution >= 0.6 is 0 Å². The van der Waals surface area contributed by atoms with Crippen molar-refractivity contribution in [1.82, 2.24) is 5.32 Å². The zero-order chi connectivity index (χ0) is 26.4. The summed E-state index contributed by atoms with van der Waals surface area (Å²) in [6.07, 6.45) is 3.60. The molecule has 2 aromatic carbocycles. The zero-order valence-corrected chi connectivity index (χ0v) is 21.4. The molecule has 0 radical (unpaired) electrons. The quantitative estimate of drug-likeness (QED) is 0.499. The summed E-state index contributed by atoms with van der Waals surface area (Å²) >= 11 is 0. The molecule has 0 aromatic heterocycles. The Labute approximate surface area is 209 Å². The average Bonchev–Trinajstić information content (AvgIpc) is 2.84. The first-order valence-corrected chi connectivity index (χ1v) is 11.3. The Morgan fingerprint density at radius 3 is 2.25 bits per heavy atom. The molecule has 2 heterocycles. The maximum atomic E-state index is 13.5. The monoisotopic (exact) mass is 491 g/mol. The topological polar surface area (TPSA) is 97.4 Å². The minimum atomic E-state index is -0.870. The summed E-state index contributed by atoms with van der Waals surface area (Å²) in [4.78, 5) is 42.0. The van der Waals surface area contributed by atoms with Crippen LogP contribution in [-0.2, 0) is 9.59 Å². The molecule has 2 aliphatic heterocycles. The van der Waals surface area contributed by atoms with Gasteiger partial charge in [0.2, 0.25) is 0 Å². The van der Waals surface area contributed by atoms with E-state index in [9.17, 15) is 14.4 Å². The van der Waals surface area contributed by atoms with Gasteiger partial charge in [0.05, 0.1) is 32.6 Å². The molecular weight excluding hydrogens is 462 g/mol. The van der Waals surface area contributed by atoms with Crippen molar-refractivity contribution in [3.63, 3.8) is 0 Å². The Morgan fingerprint density at radius 1 is 0.917 bits per heavy atom. The molecule has 0 atom stereocenters. The van der Waals surface area contributed by atoms with Gasteiger partial charge in [-0.25, -0.2) is 9.69 Å². The minimum absolute atomic E-state index is 0.180. The first kappa shape index (κ1) is 24.8. The third-order valence-corrected chi connectivity index (χ3v) is 6.60. The summed E-state index contributed by atoms with van der Waals surface area (Å²) in [5.41, 5.74) is 3.30. The van der Waals surface area contributed by atoms with Gasteiger partial charge < -0.3 is 19.1 Å². The summed E-state index contributed by atoms with van der Waals surface area (Å²) in [6, 6.07) is 7.57. The van der Waals surface area contributed by atoms with Crippen LogP contribution in [0.4, 0.5) is 16.2 Å². The van der Waals surface area contributed by atoms with Crippen molar-refractivity contribution in [2.75, 3.05) is 38.2 Å². The second-order valence-electron chi connectivity index (χ2n) is 9.15. The second kappa shape index (κ2) is 9.07. The van der Waals surface area contributed by atoms with Gasteiger partial charge in [-0.15, -0.1) is 0 Å². The van der Waals surface area contributed by atoms with Crippen molar-refractivity contribution in [2.24, 2.45) is 0 Å². The fourth-order valence-corrected chi connectivity index (χ4v) is 4.49. The number of ether oxygens (including phenoxy) is 3. The molecule has 188 valence electrons. The van der Waals surface area contributed by atoms with E-state index in [-0.39, 0.29) is 22.5 Å². The number of amides is 4. The number of barbiturate groups is 1. The van der Waals surface area contributed by atoms with Crippen molar-refractivity contribution in [3.05, 3.63) is 53.1 Å². The molecule has 2 aromatic rings. The van der Waals surface area contributed by atoms with Crippen LogP contribution in [0.25, 0.3) is 11.6 Å². The highest BCUT2D eigenvalue weighted by molar-refractivity contribution is 6.39. The third kappa shape index (κ3) is 4.06. The van der Waals surface area contributed by atoms with Gasteiger partial charge in [0.15, 0.2) is 0 Å². The first-order valence-electron chi connectivity index (χ1n) is 11.3. The van der Waals surface area contributed by atoms with Crippen LogP contribution in [0.2, 0.25) is 0 Å². The van der Waals surface area contributed by atoms with Crippen molar-refractivity contribution in [1.29, 1.82) is 0 Å². The highest BCUT2D eigenvalue weighted by atomic mass is 16.5. The van der Waals surface area contributed by atoms with Gasteiger partial charge >= 0.3 is 6.03 Å². The summed E-state index contributed by atoms with van der Waals surface area (Å²) in [7, 11) is 6.44. The van der Waals surface area contributed by atoms with Gasteiger partial charge in [0.25, 0.3) is 11.8 Å². The van der Waals surface area contributed by atoms with E-state index in [4.69, 9.17) is 14.2 Å². The predicted molar refractivity (Wildman–Crippen MR) is 138 cm³/mol. The van der Waals surface area contributed by atoms with Gasteiger partial charge in [-0.2, -0.15) is 0 Å². The molecule has 0 spiro atoms. The van der Waals surface area contributed by atoms with E-state index in [2.05, 4.69) is 30.1 Å². The number of benzene rings is 2. The fourth-order valence-electron chi connectivity index (χ4n) is 4.49. The van der Waals surface area contributed by atoms with E-state index in [0.717, 1.165) is 21.7 Å². The van der Waals surface area contributed by atoms with E-state index in [1.807, 2.05) is 26.1 Å². The normalized spacial score (nSPS) is 18.0. The molecule has 9 heteroatoms. The predicted octanol–water partition coefficient (Wildman–Crippen LogP) is 4.01. The number of hydrogen-bond donors (Lipinski definition) is 1. The zero-order valence-electron chi connectivity index (χ0n) is 21.4. The number of likely N-dealkylation sites (N-methyl/N-ethyl adjacent to an activating group) is 1. The number of methoxy groups -OCH3 is 3. The highest BCUT2D eigenvalue weighted by Gasteiger charge is 2.39. The SMILES string of the molecule is COc1ccc(N2C(=O)NC(=O)/C(=C/c3cc4c(cc3OC)N(C)C(C)(C)C=C4C)C2=O)c(OC)c1. The number of urea groups is 1. The number of hydrogen-bond acceptors (Lipinski definition) is 7. The third-order valence-electron chi connectivity index (χ3n) is 6.60. The number of carbonyl (C=O) groups excluding carboxylic acids is 3. The van der Waals surface area contributed by atoms with Crippen LogP contribution < -0.4 is 29.3 Å². The number of anilines is 2. The lowest BCUT2D eigenvalue weighted by Crippen LogP contribution is -2.54. The standard InChI is InChI=1S/C27H29N3O6/c1-15-14-27(2,3)29(4)21-13-22(35-6)16(10-18(15)21)11-19-24(31)28-26(33)30(25(19)32)20-9-8-17(34-5)12-23(20)36-7/h8-14H,1-7H3,(H,28,31,33)/b19-11-. The van der Waals surface area contributed by atoms with E-state index < -0.39 is 17.8 Å². The number of rotatable bonds is 5. The lowest BCUT2D eigenvalue weighted by Gasteiger charge is -2.41. The Morgan fingerprint density at radius 2 is 1.61 bits per heavy atom. The Kier molecular flexibility index (Phi) is 6.26. The number of nitrogens with zero attached hydrogens (tertiary/aromatic N) is 2. The van der Waals surface area contributed by atoms with Gasteiger partial charge in [0, 0.05) is 36.0 Å². The molecule has 1 fully saturated rings. The molecule has 4 rings (SSSR count). The van der Waals surface area contributed by atoms with Crippen LogP contribution in [0.15, 0.2) is 42.0 Å². The first-order chi connectivity index (χ1) is 17.0. The van der Waals surface area contributed by atoms with Gasteiger partial charge in [0.1, 0.15) is 22.8 Å². The maximum Gasteiger partial charge on any atom is 0.336 e. The molecule has 0 saturated carbocycles. The molecule has 9 nitrogen and oxygen atoms in total. The van der Waals surface area contributed by atoms with Crippen LogP contribution in [0, 0.1) is 0 Å². The minimum Gasteiger partial charge on any atom is -0.497 e. The van der Waals surface area contributed by atoms with Gasteiger partial charge in [-0.1, -0.05) is 6.08 Å². The molecule has 0 bridgehead atoms. The lowest BCUT2D eigenvalue weighted by atomic mass is 9.88. The van der Waals surface area contributed by atoms with Crippen LogP contribution in [0.3, 0.4) is 0 Å². The number of imide groups is 2. The van der Waals surface area contributed by atoms with E-state index in [1.54, 1.807) is 12.1 Å². The summed E-state index contributed by atoms with van der Waals surface area (Å²) in [5.74, 6) is -0.354. The highest BCUT2D eigenvalue weighted by Crippen LogP contribution is 2.42. The van der Waals surface area contributed by atoms with Crippen molar-refractivity contribution >= 4 is 40.9 Å². The Bertz CT molecular complexity index is 1340. The van der Waals surface area contributed by atoms with Crippen LogP contribution in [-0.4, -0.2) is 51.8 Å². The summed E-state index contributed by atoms with van der Waals surface area (Å²) in [5, 5.41) is 2.25. The largest absolute Gasteiger partial charge is 0.497 e. The second-order valence-corrected chi connectivity index (χ2v) is 9.15. The van der Waals surface area contributed by atoms with Crippen LogP contribution in [0.5, 0.6) is 17.2 Å². The average molecular weight is 492 g/mol. The number of nitrogens with one attached hydrogen (secondary N) is 1. The maximum absolute atomic E-state index is 13.5. The molecule has 4 amide bonds. The van der Waals surface area contributed by atoms with Crippen molar-refractivity contribution in [3.8, 4) is 17.2 Å². The van der Waals surface area contributed by atoms with Gasteiger partial charge in [-0.05, 0) is 50.6 Å². The molecule has 0 unspecified atom stereocenters. The van der Waals surface area contributed by atoms with Crippen molar-refractivity contribution < 1.29 is 28.6 Å². The Balaban J connectivity index is 1.82. The number of carbonyl (C=O) groups is 3. The molecule has 1 saturated heterocycles. The molecule has 36 heavy (non-hydrogen) atoms.